The van der Waals surface area contributed by atoms with E-state index in [1.165, 1.54) is 16.2 Å². The molecule has 3 rings (SSSR count). The Hall–Kier alpha value is -2.87. The Labute approximate surface area is 167 Å². The number of hydrogen-bond acceptors (Lipinski definition) is 5. The summed E-state index contributed by atoms with van der Waals surface area (Å²) in [5.41, 5.74) is 6.13. The molecule has 0 bridgehead atoms. The minimum Gasteiger partial charge on any atom is -0.444 e. The average Bonchev–Trinajstić information content (AvgIpc) is 3.18. The molecule has 0 saturated heterocycles. The quantitative estimate of drug-likeness (QED) is 0.758. The Kier molecular flexibility index (Phi) is 5.69. The van der Waals surface area contributed by atoms with E-state index < -0.39 is 29.6 Å². The van der Waals surface area contributed by atoms with Crippen molar-refractivity contribution in [3.05, 3.63) is 57.8 Å². The average molecular weight is 401 g/mol. The van der Waals surface area contributed by atoms with Crippen molar-refractivity contribution < 1.29 is 19.1 Å². The van der Waals surface area contributed by atoms with Crippen molar-refractivity contribution in [3.63, 3.8) is 0 Å². The highest BCUT2D eigenvalue weighted by Gasteiger charge is 2.37. The largest absolute Gasteiger partial charge is 0.444 e. The number of hydrogen-bond donors (Lipinski definition) is 2. The SMILES string of the molecule is CC(C)(C)OC(=O)N1Cc2ccccc2CC1C(=O)NNC(=O)c1cccs1. The van der Waals surface area contributed by atoms with Crippen LogP contribution < -0.4 is 10.9 Å². The number of nitrogens with one attached hydrogen (secondary N) is 2. The second kappa shape index (κ2) is 8.02. The molecule has 2 heterocycles. The minimum absolute atomic E-state index is 0.266. The highest BCUT2D eigenvalue weighted by atomic mass is 32.1. The third kappa shape index (κ3) is 4.69. The molecule has 8 heteroatoms. The minimum atomic E-state index is -0.784. The van der Waals surface area contributed by atoms with Gasteiger partial charge in [0.05, 0.1) is 11.4 Å². The maximum atomic E-state index is 12.8. The number of thiophene rings is 1. The molecular formula is C20H23N3O4S. The van der Waals surface area contributed by atoms with Gasteiger partial charge in [-0.3, -0.25) is 25.3 Å². The normalized spacial score (nSPS) is 16.1. The van der Waals surface area contributed by atoms with Crippen LogP contribution in [0.3, 0.4) is 0 Å². The van der Waals surface area contributed by atoms with Crippen LogP contribution in [0.1, 0.15) is 41.6 Å². The second-order valence-corrected chi connectivity index (χ2v) is 8.47. The van der Waals surface area contributed by atoms with E-state index in [9.17, 15) is 14.4 Å². The molecule has 2 N–H and O–H groups in total. The Morgan fingerprint density at radius 1 is 1.07 bits per heavy atom. The zero-order valence-electron chi connectivity index (χ0n) is 16.0. The summed E-state index contributed by atoms with van der Waals surface area (Å²) in [6.45, 7) is 5.60. The van der Waals surface area contributed by atoms with Crippen LogP contribution in [-0.4, -0.2) is 34.5 Å². The van der Waals surface area contributed by atoms with E-state index in [0.29, 0.717) is 11.3 Å². The van der Waals surface area contributed by atoms with Crippen LogP contribution in [0.15, 0.2) is 41.8 Å². The first-order valence-corrected chi connectivity index (χ1v) is 9.82. The first kappa shape index (κ1) is 19.9. The molecule has 1 aromatic heterocycles. The highest BCUT2D eigenvalue weighted by molar-refractivity contribution is 7.12. The van der Waals surface area contributed by atoms with Crippen molar-refractivity contribution in [1.82, 2.24) is 15.8 Å². The van der Waals surface area contributed by atoms with E-state index in [1.54, 1.807) is 38.3 Å². The van der Waals surface area contributed by atoms with Gasteiger partial charge in [0.2, 0.25) is 0 Å². The van der Waals surface area contributed by atoms with Gasteiger partial charge in [-0.15, -0.1) is 11.3 Å². The molecule has 0 saturated carbocycles. The Balaban J connectivity index is 1.75. The number of nitrogens with zero attached hydrogens (tertiary/aromatic N) is 1. The molecular weight excluding hydrogens is 378 g/mol. The molecule has 0 spiro atoms. The maximum absolute atomic E-state index is 12.8. The molecule has 1 aromatic carbocycles. The van der Waals surface area contributed by atoms with Gasteiger partial charge in [-0.25, -0.2) is 4.79 Å². The standard InChI is InChI=1S/C20H23N3O4S/c1-20(2,3)27-19(26)23-12-14-8-5-4-7-13(14)11-15(23)17(24)21-22-18(25)16-9-6-10-28-16/h4-10,15H,11-12H2,1-3H3,(H,21,24)(H,22,25). The van der Waals surface area contributed by atoms with Gasteiger partial charge in [0.15, 0.2) is 0 Å². The maximum Gasteiger partial charge on any atom is 0.411 e. The number of hydrazine groups is 1. The first-order valence-electron chi connectivity index (χ1n) is 8.95. The third-order valence-electron chi connectivity index (χ3n) is 4.22. The summed E-state index contributed by atoms with van der Waals surface area (Å²) in [6.07, 6.45) is -0.220. The van der Waals surface area contributed by atoms with Crippen molar-refractivity contribution in [2.24, 2.45) is 0 Å². The summed E-state index contributed by atoms with van der Waals surface area (Å²) in [6, 6.07) is 10.3. The van der Waals surface area contributed by atoms with Crippen LogP contribution in [0, 0.1) is 0 Å². The molecule has 7 nitrogen and oxygen atoms in total. The fraction of sp³-hybridized carbons (Fsp3) is 0.350. The van der Waals surface area contributed by atoms with Gasteiger partial charge in [-0.2, -0.15) is 0 Å². The number of carbonyl (C=O) groups excluding carboxylic acids is 3. The molecule has 1 aliphatic rings. The molecule has 28 heavy (non-hydrogen) atoms. The number of fused-ring (bicyclic) bond motifs is 1. The zero-order chi connectivity index (χ0) is 20.3. The number of ether oxygens (including phenoxy) is 1. The Morgan fingerprint density at radius 2 is 1.79 bits per heavy atom. The molecule has 0 aliphatic carbocycles. The van der Waals surface area contributed by atoms with E-state index in [2.05, 4.69) is 10.9 Å². The molecule has 2 aromatic rings. The van der Waals surface area contributed by atoms with E-state index in [4.69, 9.17) is 4.74 Å². The summed E-state index contributed by atoms with van der Waals surface area (Å²) in [7, 11) is 0. The molecule has 0 radical (unpaired) electrons. The first-order chi connectivity index (χ1) is 13.2. The van der Waals surface area contributed by atoms with Crippen LogP contribution in [0.25, 0.3) is 0 Å². The Bertz CT molecular complexity index is 874. The van der Waals surface area contributed by atoms with E-state index in [-0.39, 0.29) is 6.54 Å². The van der Waals surface area contributed by atoms with Crippen LogP contribution >= 0.6 is 11.3 Å². The lowest BCUT2D eigenvalue weighted by atomic mass is 9.94. The fourth-order valence-electron chi connectivity index (χ4n) is 2.94. The zero-order valence-corrected chi connectivity index (χ0v) is 16.8. The third-order valence-corrected chi connectivity index (χ3v) is 5.09. The predicted octanol–water partition coefficient (Wildman–Crippen LogP) is 2.87. The summed E-state index contributed by atoms with van der Waals surface area (Å²) in [5.74, 6) is -0.867. The van der Waals surface area contributed by atoms with Crippen molar-refractivity contribution >= 4 is 29.2 Å². The van der Waals surface area contributed by atoms with Gasteiger partial charge in [-0.05, 0) is 43.3 Å². The van der Waals surface area contributed by atoms with Crippen molar-refractivity contribution in [2.75, 3.05) is 0 Å². The van der Waals surface area contributed by atoms with Gasteiger partial charge >= 0.3 is 6.09 Å². The van der Waals surface area contributed by atoms with Gasteiger partial charge in [0.1, 0.15) is 11.6 Å². The van der Waals surface area contributed by atoms with Gasteiger partial charge < -0.3 is 4.74 Å². The molecule has 3 amide bonds. The lowest BCUT2D eigenvalue weighted by Crippen LogP contribution is -2.56. The highest BCUT2D eigenvalue weighted by Crippen LogP contribution is 2.25. The Morgan fingerprint density at radius 3 is 2.43 bits per heavy atom. The van der Waals surface area contributed by atoms with Crippen molar-refractivity contribution in [1.29, 1.82) is 0 Å². The van der Waals surface area contributed by atoms with Crippen LogP contribution in [0.2, 0.25) is 0 Å². The van der Waals surface area contributed by atoms with Gasteiger partial charge in [0, 0.05) is 6.42 Å². The van der Waals surface area contributed by atoms with Crippen LogP contribution in [0.5, 0.6) is 0 Å². The number of carbonyl (C=O) groups is 3. The number of amides is 3. The summed E-state index contributed by atoms with van der Waals surface area (Å²) < 4.78 is 5.48. The van der Waals surface area contributed by atoms with Gasteiger partial charge in [0.25, 0.3) is 11.8 Å². The van der Waals surface area contributed by atoms with E-state index in [1.807, 2.05) is 24.3 Å². The lowest BCUT2D eigenvalue weighted by Gasteiger charge is -2.36. The van der Waals surface area contributed by atoms with Crippen molar-refractivity contribution in [2.45, 2.75) is 45.4 Å². The molecule has 1 unspecified atom stereocenters. The topological polar surface area (TPSA) is 87.7 Å². The van der Waals surface area contributed by atoms with E-state index in [0.717, 1.165) is 11.1 Å². The second-order valence-electron chi connectivity index (χ2n) is 7.52. The van der Waals surface area contributed by atoms with E-state index >= 15 is 0 Å². The lowest BCUT2D eigenvalue weighted by molar-refractivity contribution is -0.127. The summed E-state index contributed by atoms with van der Waals surface area (Å²) in [5, 5.41) is 1.78. The summed E-state index contributed by atoms with van der Waals surface area (Å²) in [4.78, 5) is 39.5. The molecule has 148 valence electrons. The number of rotatable bonds is 2. The smallest absolute Gasteiger partial charge is 0.411 e. The van der Waals surface area contributed by atoms with Crippen LogP contribution in [-0.2, 0) is 22.5 Å². The van der Waals surface area contributed by atoms with Crippen LogP contribution in [0.4, 0.5) is 4.79 Å². The van der Waals surface area contributed by atoms with Crippen molar-refractivity contribution in [3.8, 4) is 0 Å². The number of benzene rings is 1. The monoisotopic (exact) mass is 401 g/mol. The molecule has 0 fully saturated rings. The molecule has 1 aliphatic heterocycles. The van der Waals surface area contributed by atoms with Gasteiger partial charge in [-0.1, -0.05) is 30.3 Å². The molecule has 1 atom stereocenters. The summed E-state index contributed by atoms with van der Waals surface area (Å²) >= 11 is 1.27. The fourth-order valence-corrected chi connectivity index (χ4v) is 3.56. The predicted molar refractivity (Wildman–Crippen MR) is 106 cm³/mol.